The van der Waals surface area contributed by atoms with Gasteiger partial charge in [0.2, 0.25) is 5.76 Å². The van der Waals surface area contributed by atoms with Gasteiger partial charge in [0.05, 0.1) is 12.2 Å². The van der Waals surface area contributed by atoms with Crippen LogP contribution in [0.2, 0.25) is 0 Å². The molecule has 2 amide bonds. The molecule has 3 aliphatic rings. The number of nitrogens with one attached hydrogen (secondary N) is 1. The molecule has 1 aliphatic heterocycles. The minimum absolute atomic E-state index is 0.0262. The van der Waals surface area contributed by atoms with E-state index in [1.54, 1.807) is 4.90 Å². The Bertz CT molecular complexity index is 1070. The number of benzene rings is 1. The predicted molar refractivity (Wildman–Crippen MR) is 135 cm³/mol. The highest BCUT2D eigenvalue weighted by atomic mass is 32.2. The van der Waals surface area contributed by atoms with Gasteiger partial charge in [0.25, 0.3) is 17.7 Å². The molecular formula is C27H35N3O5S. The summed E-state index contributed by atoms with van der Waals surface area (Å²) in [6, 6.07) is 9.84. The number of rotatable bonds is 7. The molecule has 1 aromatic carbocycles. The highest BCUT2D eigenvalue weighted by Crippen LogP contribution is 2.47. The molecule has 8 nitrogen and oxygen atoms in total. The Morgan fingerprint density at radius 3 is 2.64 bits per heavy atom. The summed E-state index contributed by atoms with van der Waals surface area (Å²) in [5, 5.41) is 7.32. The van der Waals surface area contributed by atoms with Crippen molar-refractivity contribution in [3.8, 4) is 5.88 Å². The lowest BCUT2D eigenvalue weighted by Crippen LogP contribution is -2.49. The molecule has 2 aromatic rings. The van der Waals surface area contributed by atoms with Crippen LogP contribution in [0.1, 0.15) is 57.0 Å². The lowest BCUT2D eigenvalue weighted by Gasteiger charge is -2.35. The summed E-state index contributed by atoms with van der Waals surface area (Å²) in [6.07, 6.45) is 4.76. The lowest BCUT2D eigenvalue weighted by molar-refractivity contribution is -0.145. The number of carbonyl (C=O) groups is 2. The fourth-order valence-corrected chi connectivity index (χ4v) is 7.08. The average molecular weight is 514 g/mol. The van der Waals surface area contributed by atoms with E-state index in [0.717, 1.165) is 17.7 Å². The summed E-state index contributed by atoms with van der Waals surface area (Å²) in [5.74, 6) is 1.54. The normalized spacial score (nSPS) is 29.7. The number of hydrogen-bond donors (Lipinski definition) is 1. The maximum absolute atomic E-state index is 13.4. The minimum atomic E-state index is -0.276. The first-order valence-electron chi connectivity index (χ1n) is 13.0. The Balaban J connectivity index is 1.32. The van der Waals surface area contributed by atoms with Crippen LogP contribution in [0.3, 0.4) is 0 Å². The van der Waals surface area contributed by atoms with Crippen molar-refractivity contribution in [1.29, 1.82) is 0 Å². The number of morpholine rings is 1. The molecule has 5 rings (SSSR count). The first-order chi connectivity index (χ1) is 17.4. The standard InChI is InChI=1S/C27H35N3O5S/c1-16-12-19-8-7-11-21(19)23(16)28-26(32)24-25(36-20-9-5-4-6-10-20)27(29-35-24)33-15-22(31)30-13-17(2)34-18(3)14-30/h4-6,9-10,16-19,21,23H,7-8,11-15H2,1-3H3,(H,28,32)/t16?,17-,18+,19?,21?,23?. The topological polar surface area (TPSA) is 93.9 Å². The summed E-state index contributed by atoms with van der Waals surface area (Å²) in [6.45, 7) is 6.98. The van der Waals surface area contributed by atoms with Crippen LogP contribution in [0, 0.1) is 17.8 Å². The average Bonchev–Trinajstić information content (AvgIpc) is 3.54. The molecule has 0 bridgehead atoms. The molecule has 3 fully saturated rings. The van der Waals surface area contributed by atoms with Gasteiger partial charge < -0.3 is 24.2 Å². The van der Waals surface area contributed by atoms with Crippen molar-refractivity contribution in [1.82, 2.24) is 15.4 Å². The lowest BCUT2D eigenvalue weighted by atomic mass is 9.96. The monoisotopic (exact) mass is 513 g/mol. The Morgan fingerprint density at radius 2 is 1.89 bits per heavy atom. The molecule has 2 saturated carbocycles. The molecule has 4 unspecified atom stereocenters. The van der Waals surface area contributed by atoms with Crippen LogP contribution in [0.25, 0.3) is 0 Å². The van der Waals surface area contributed by atoms with E-state index in [-0.39, 0.29) is 48.3 Å². The van der Waals surface area contributed by atoms with Crippen LogP contribution < -0.4 is 10.1 Å². The van der Waals surface area contributed by atoms with Crippen LogP contribution in [0.5, 0.6) is 5.88 Å². The van der Waals surface area contributed by atoms with E-state index in [1.165, 1.54) is 24.6 Å². The maximum Gasteiger partial charge on any atom is 0.291 e. The quantitative estimate of drug-likeness (QED) is 0.587. The van der Waals surface area contributed by atoms with Crippen molar-refractivity contribution >= 4 is 23.6 Å². The molecule has 9 heteroatoms. The number of ether oxygens (including phenoxy) is 2. The fourth-order valence-electron chi connectivity index (χ4n) is 6.15. The third-order valence-electron chi connectivity index (χ3n) is 7.66. The van der Waals surface area contributed by atoms with Crippen molar-refractivity contribution < 1.29 is 23.6 Å². The van der Waals surface area contributed by atoms with E-state index < -0.39 is 0 Å². The smallest absolute Gasteiger partial charge is 0.291 e. The van der Waals surface area contributed by atoms with Gasteiger partial charge in [0, 0.05) is 24.0 Å². The second kappa shape index (κ2) is 10.8. The zero-order valence-electron chi connectivity index (χ0n) is 21.1. The molecule has 1 saturated heterocycles. The molecule has 2 heterocycles. The van der Waals surface area contributed by atoms with Crippen LogP contribution in [-0.2, 0) is 9.53 Å². The zero-order valence-corrected chi connectivity index (χ0v) is 22.0. The van der Waals surface area contributed by atoms with Gasteiger partial charge in [-0.3, -0.25) is 9.59 Å². The van der Waals surface area contributed by atoms with Gasteiger partial charge in [0.1, 0.15) is 4.90 Å². The molecule has 36 heavy (non-hydrogen) atoms. The number of amides is 2. The Labute approximate surface area is 216 Å². The third-order valence-corrected chi connectivity index (χ3v) is 8.73. The summed E-state index contributed by atoms with van der Waals surface area (Å²) >= 11 is 1.36. The highest BCUT2D eigenvalue weighted by Gasteiger charge is 2.44. The van der Waals surface area contributed by atoms with Gasteiger partial charge >= 0.3 is 0 Å². The number of aromatic nitrogens is 1. The van der Waals surface area contributed by atoms with Crippen molar-refractivity contribution in [2.45, 2.75) is 74.5 Å². The molecule has 1 N–H and O–H groups in total. The van der Waals surface area contributed by atoms with Gasteiger partial charge in [-0.25, -0.2) is 0 Å². The van der Waals surface area contributed by atoms with E-state index in [4.69, 9.17) is 14.0 Å². The molecular weight excluding hydrogens is 478 g/mol. The summed E-state index contributed by atoms with van der Waals surface area (Å²) in [5.41, 5.74) is 0. The SMILES string of the molecule is CC1CC2CCCC2C1NC(=O)c1onc(OCC(=O)N2C[C@@H](C)O[C@@H](C)C2)c1Sc1ccccc1. The Hall–Kier alpha value is -2.52. The third kappa shape index (κ3) is 5.42. The minimum Gasteiger partial charge on any atom is -0.465 e. The summed E-state index contributed by atoms with van der Waals surface area (Å²) in [4.78, 5) is 29.4. The van der Waals surface area contributed by atoms with Crippen molar-refractivity contribution in [3.05, 3.63) is 36.1 Å². The maximum atomic E-state index is 13.4. The van der Waals surface area contributed by atoms with Gasteiger partial charge in [-0.15, -0.1) is 0 Å². The Morgan fingerprint density at radius 1 is 1.14 bits per heavy atom. The van der Waals surface area contributed by atoms with E-state index in [9.17, 15) is 9.59 Å². The Kier molecular flexibility index (Phi) is 7.57. The highest BCUT2D eigenvalue weighted by molar-refractivity contribution is 7.99. The van der Waals surface area contributed by atoms with Crippen molar-refractivity contribution in [2.24, 2.45) is 17.8 Å². The van der Waals surface area contributed by atoms with E-state index in [1.807, 2.05) is 44.2 Å². The summed E-state index contributed by atoms with van der Waals surface area (Å²) < 4.78 is 17.1. The molecule has 6 atom stereocenters. The zero-order chi connectivity index (χ0) is 25.2. The van der Waals surface area contributed by atoms with Gasteiger partial charge in [-0.1, -0.05) is 49.7 Å². The largest absolute Gasteiger partial charge is 0.465 e. The molecule has 0 radical (unpaired) electrons. The van der Waals surface area contributed by atoms with Gasteiger partial charge in [-0.2, -0.15) is 0 Å². The molecule has 2 aliphatic carbocycles. The van der Waals surface area contributed by atoms with Crippen LogP contribution in [0.15, 0.2) is 44.6 Å². The first-order valence-corrected chi connectivity index (χ1v) is 13.8. The van der Waals surface area contributed by atoms with Gasteiger partial charge in [0.15, 0.2) is 6.61 Å². The van der Waals surface area contributed by atoms with Crippen molar-refractivity contribution in [2.75, 3.05) is 19.7 Å². The number of fused-ring (bicyclic) bond motifs is 1. The second-order valence-electron chi connectivity index (χ2n) is 10.5. The van der Waals surface area contributed by atoms with E-state index in [0.29, 0.717) is 35.7 Å². The van der Waals surface area contributed by atoms with E-state index in [2.05, 4.69) is 17.4 Å². The first kappa shape index (κ1) is 25.1. The van der Waals surface area contributed by atoms with Crippen LogP contribution in [0.4, 0.5) is 0 Å². The molecule has 0 spiro atoms. The number of nitrogens with zero attached hydrogens (tertiary/aromatic N) is 2. The fraction of sp³-hybridized carbons (Fsp3) is 0.593. The second-order valence-corrected chi connectivity index (χ2v) is 11.6. The van der Waals surface area contributed by atoms with Crippen LogP contribution in [-0.4, -0.2) is 59.8 Å². The molecule has 194 valence electrons. The summed E-state index contributed by atoms with van der Waals surface area (Å²) in [7, 11) is 0. The predicted octanol–water partition coefficient (Wildman–Crippen LogP) is 4.39. The van der Waals surface area contributed by atoms with Crippen molar-refractivity contribution in [3.63, 3.8) is 0 Å². The number of carbonyl (C=O) groups excluding carboxylic acids is 2. The van der Waals surface area contributed by atoms with Gasteiger partial charge in [-0.05, 0) is 61.7 Å². The molecule has 1 aromatic heterocycles. The number of hydrogen-bond acceptors (Lipinski definition) is 7. The van der Waals surface area contributed by atoms with E-state index >= 15 is 0 Å². The van der Waals surface area contributed by atoms with Crippen LogP contribution >= 0.6 is 11.8 Å².